The normalized spacial score (nSPS) is 11.0. The van der Waals surface area contributed by atoms with Crippen molar-refractivity contribution in [1.29, 1.82) is 0 Å². The predicted octanol–water partition coefficient (Wildman–Crippen LogP) is 1.82. The second-order valence-corrected chi connectivity index (χ2v) is 5.68. The number of urea groups is 1. The number of rotatable bonds is 5. The van der Waals surface area contributed by atoms with E-state index in [9.17, 15) is 13.2 Å². The number of sulfonamides is 1. The SMILES string of the molecule is CCCCN(C)C(=O)NS(=O)(=O)c1ccccc1. The van der Waals surface area contributed by atoms with Gasteiger partial charge in [0.15, 0.2) is 0 Å². The van der Waals surface area contributed by atoms with Gasteiger partial charge >= 0.3 is 6.03 Å². The first-order valence-corrected chi connectivity index (χ1v) is 7.28. The summed E-state index contributed by atoms with van der Waals surface area (Å²) in [4.78, 5) is 13.1. The zero-order valence-corrected chi connectivity index (χ0v) is 11.4. The smallest absolute Gasteiger partial charge is 0.327 e. The molecule has 1 aromatic carbocycles. The first-order valence-electron chi connectivity index (χ1n) is 5.80. The van der Waals surface area contributed by atoms with Gasteiger partial charge in [-0.3, -0.25) is 0 Å². The molecule has 0 aliphatic carbocycles. The molecule has 0 aliphatic rings. The van der Waals surface area contributed by atoms with Crippen molar-refractivity contribution in [2.45, 2.75) is 24.7 Å². The molecule has 18 heavy (non-hydrogen) atoms. The van der Waals surface area contributed by atoms with Crippen LogP contribution in [0.15, 0.2) is 35.2 Å². The largest absolute Gasteiger partial charge is 0.331 e. The third-order valence-corrected chi connectivity index (χ3v) is 3.81. The summed E-state index contributed by atoms with van der Waals surface area (Å²) in [6.45, 7) is 2.54. The van der Waals surface area contributed by atoms with Crippen LogP contribution < -0.4 is 4.72 Å². The van der Waals surface area contributed by atoms with E-state index >= 15 is 0 Å². The minimum Gasteiger partial charge on any atom is -0.327 e. The van der Waals surface area contributed by atoms with E-state index in [1.165, 1.54) is 17.0 Å². The summed E-state index contributed by atoms with van der Waals surface area (Å²) in [7, 11) is -2.20. The second kappa shape index (κ2) is 6.39. The lowest BCUT2D eigenvalue weighted by molar-refractivity contribution is 0.214. The summed E-state index contributed by atoms with van der Waals surface area (Å²) >= 11 is 0. The molecule has 1 aromatic rings. The van der Waals surface area contributed by atoms with Gasteiger partial charge in [-0.05, 0) is 18.6 Å². The van der Waals surface area contributed by atoms with Gasteiger partial charge in [0.25, 0.3) is 10.0 Å². The maximum Gasteiger partial charge on any atom is 0.331 e. The van der Waals surface area contributed by atoms with Crippen LogP contribution in [-0.4, -0.2) is 32.9 Å². The molecule has 1 rings (SSSR count). The average Bonchev–Trinajstić information content (AvgIpc) is 2.36. The molecule has 6 heteroatoms. The zero-order chi connectivity index (χ0) is 13.6. The molecule has 0 saturated heterocycles. The lowest BCUT2D eigenvalue weighted by atomic mass is 10.3. The fourth-order valence-corrected chi connectivity index (χ4v) is 2.37. The molecular weight excluding hydrogens is 252 g/mol. The molecule has 0 unspecified atom stereocenters. The van der Waals surface area contributed by atoms with E-state index in [2.05, 4.69) is 0 Å². The fraction of sp³-hybridized carbons (Fsp3) is 0.417. The number of nitrogens with zero attached hydrogens (tertiary/aromatic N) is 1. The Morgan fingerprint density at radius 2 is 1.89 bits per heavy atom. The first kappa shape index (κ1) is 14.5. The Kier molecular flexibility index (Phi) is 5.15. The number of hydrogen-bond acceptors (Lipinski definition) is 3. The van der Waals surface area contributed by atoms with Gasteiger partial charge in [-0.25, -0.2) is 17.9 Å². The molecule has 0 atom stereocenters. The number of carbonyl (C=O) groups is 1. The quantitative estimate of drug-likeness (QED) is 0.887. The van der Waals surface area contributed by atoms with Crippen molar-refractivity contribution in [1.82, 2.24) is 9.62 Å². The Labute approximate surface area is 108 Å². The molecule has 0 radical (unpaired) electrons. The molecule has 0 aromatic heterocycles. The lowest BCUT2D eigenvalue weighted by Crippen LogP contribution is -2.41. The fourth-order valence-electron chi connectivity index (χ4n) is 1.35. The third-order valence-electron chi connectivity index (χ3n) is 2.47. The van der Waals surface area contributed by atoms with Gasteiger partial charge in [0.1, 0.15) is 0 Å². The summed E-state index contributed by atoms with van der Waals surface area (Å²) in [6.07, 6.45) is 1.79. The van der Waals surface area contributed by atoms with Gasteiger partial charge in [0, 0.05) is 13.6 Å². The van der Waals surface area contributed by atoms with Crippen LogP contribution in [-0.2, 0) is 10.0 Å². The van der Waals surface area contributed by atoms with Crippen LogP contribution in [0.5, 0.6) is 0 Å². The number of amides is 2. The molecule has 2 amide bonds. The molecular formula is C12H18N2O3S. The number of hydrogen-bond donors (Lipinski definition) is 1. The molecule has 1 N–H and O–H groups in total. The maximum absolute atomic E-state index is 11.9. The van der Waals surface area contributed by atoms with E-state index in [4.69, 9.17) is 0 Å². The van der Waals surface area contributed by atoms with Gasteiger partial charge in [0.2, 0.25) is 0 Å². The molecule has 5 nitrogen and oxygen atoms in total. The van der Waals surface area contributed by atoms with Crippen LogP contribution in [0.2, 0.25) is 0 Å². The Balaban J connectivity index is 2.70. The van der Waals surface area contributed by atoms with E-state index in [1.807, 2.05) is 11.6 Å². The number of unbranched alkanes of at least 4 members (excludes halogenated alkanes) is 1. The van der Waals surface area contributed by atoms with Crippen molar-refractivity contribution in [3.8, 4) is 0 Å². The lowest BCUT2D eigenvalue weighted by Gasteiger charge is -2.17. The average molecular weight is 270 g/mol. The van der Waals surface area contributed by atoms with Crippen LogP contribution in [0.25, 0.3) is 0 Å². The standard InChI is InChI=1S/C12H18N2O3S/c1-3-4-10-14(2)12(15)13-18(16,17)11-8-6-5-7-9-11/h5-9H,3-4,10H2,1-2H3,(H,13,15). The molecule has 100 valence electrons. The minimum atomic E-state index is -3.77. The van der Waals surface area contributed by atoms with E-state index in [0.717, 1.165) is 12.8 Å². The summed E-state index contributed by atoms with van der Waals surface area (Å²) in [5.74, 6) is 0. The topological polar surface area (TPSA) is 66.5 Å². The Morgan fingerprint density at radius 3 is 2.44 bits per heavy atom. The van der Waals surface area contributed by atoms with Crippen molar-refractivity contribution in [2.75, 3.05) is 13.6 Å². The summed E-state index contributed by atoms with van der Waals surface area (Å²) < 4.78 is 25.8. The second-order valence-electron chi connectivity index (χ2n) is 4.00. The van der Waals surface area contributed by atoms with Crippen LogP contribution in [0, 0.1) is 0 Å². The highest BCUT2D eigenvalue weighted by atomic mass is 32.2. The van der Waals surface area contributed by atoms with Crippen molar-refractivity contribution in [3.63, 3.8) is 0 Å². The van der Waals surface area contributed by atoms with Crippen molar-refractivity contribution >= 4 is 16.1 Å². The Morgan fingerprint density at radius 1 is 1.28 bits per heavy atom. The van der Waals surface area contributed by atoms with Crippen LogP contribution in [0.3, 0.4) is 0 Å². The van der Waals surface area contributed by atoms with Gasteiger partial charge in [-0.1, -0.05) is 31.5 Å². The highest BCUT2D eigenvalue weighted by Gasteiger charge is 2.19. The van der Waals surface area contributed by atoms with Crippen LogP contribution >= 0.6 is 0 Å². The van der Waals surface area contributed by atoms with E-state index < -0.39 is 16.1 Å². The predicted molar refractivity (Wildman–Crippen MR) is 69.7 cm³/mol. The molecule has 0 aliphatic heterocycles. The van der Waals surface area contributed by atoms with Gasteiger partial charge in [0.05, 0.1) is 4.90 Å². The molecule has 0 saturated carbocycles. The minimum absolute atomic E-state index is 0.0854. The van der Waals surface area contributed by atoms with Crippen molar-refractivity contribution in [3.05, 3.63) is 30.3 Å². The van der Waals surface area contributed by atoms with Crippen LogP contribution in [0.4, 0.5) is 4.79 Å². The van der Waals surface area contributed by atoms with Crippen molar-refractivity contribution < 1.29 is 13.2 Å². The number of benzene rings is 1. The monoisotopic (exact) mass is 270 g/mol. The number of nitrogens with one attached hydrogen (secondary N) is 1. The summed E-state index contributed by atoms with van der Waals surface area (Å²) in [5.41, 5.74) is 0. The molecule has 0 bridgehead atoms. The maximum atomic E-state index is 11.9. The Bertz CT molecular complexity index is 485. The summed E-state index contributed by atoms with van der Waals surface area (Å²) in [5, 5.41) is 0. The van der Waals surface area contributed by atoms with Crippen LogP contribution in [0.1, 0.15) is 19.8 Å². The van der Waals surface area contributed by atoms with E-state index in [0.29, 0.717) is 6.54 Å². The van der Waals surface area contributed by atoms with Crippen molar-refractivity contribution in [2.24, 2.45) is 0 Å². The van der Waals surface area contributed by atoms with E-state index in [1.54, 1.807) is 25.2 Å². The molecule has 0 spiro atoms. The Hall–Kier alpha value is -1.56. The summed E-state index contributed by atoms with van der Waals surface area (Å²) in [6, 6.07) is 7.23. The molecule has 0 heterocycles. The van der Waals surface area contributed by atoms with Gasteiger partial charge in [-0.15, -0.1) is 0 Å². The zero-order valence-electron chi connectivity index (χ0n) is 10.6. The van der Waals surface area contributed by atoms with E-state index in [-0.39, 0.29) is 4.90 Å². The highest BCUT2D eigenvalue weighted by Crippen LogP contribution is 2.07. The first-order chi connectivity index (χ1) is 8.47. The molecule has 0 fully saturated rings. The van der Waals surface area contributed by atoms with Gasteiger partial charge in [-0.2, -0.15) is 0 Å². The number of carbonyl (C=O) groups excluding carboxylic acids is 1. The third kappa shape index (κ3) is 4.03. The van der Waals surface area contributed by atoms with Gasteiger partial charge < -0.3 is 4.90 Å². The highest BCUT2D eigenvalue weighted by molar-refractivity contribution is 7.90.